The van der Waals surface area contributed by atoms with Crippen molar-refractivity contribution in [3.8, 4) is 17.2 Å². The fourth-order valence-electron chi connectivity index (χ4n) is 4.83. The Morgan fingerprint density at radius 3 is 1.82 bits per heavy atom. The van der Waals surface area contributed by atoms with Gasteiger partial charge in [-0.15, -0.1) is 0 Å². The lowest BCUT2D eigenvalue weighted by molar-refractivity contribution is -0.120. The summed E-state index contributed by atoms with van der Waals surface area (Å²) in [5.74, 6) is 1.85. The van der Waals surface area contributed by atoms with Crippen LogP contribution in [0.15, 0.2) is 48.2 Å². The predicted molar refractivity (Wildman–Crippen MR) is 126 cm³/mol. The van der Waals surface area contributed by atoms with Gasteiger partial charge in [-0.2, -0.15) is 0 Å². The maximum atomic E-state index is 13.8. The first-order valence-electron chi connectivity index (χ1n) is 11.1. The van der Waals surface area contributed by atoms with Crippen LogP contribution in [0.1, 0.15) is 25.8 Å². The Bertz CT molecular complexity index is 1060. The Balaban J connectivity index is 1.84. The van der Waals surface area contributed by atoms with Crippen LogP contribution in [0.25, 0.3) is 5.57 Å². The highest BCUT2D eigenvalue weighted by atomic mass is 16.5. The monoisotopic (exact) mass is 450 g/mol. The van der Waals surface area contributed by atoms with E-state index in [2.05, 4.69) is 18.7 Å². The van der Waals surface area contributed by atoms with Crippen molar-refractivity contribution in [1.29, 1.82) is 0 Å². The molecular weight excluding hydrogens is 420 g/mol. The molecule has 0 aromatic heterocycles. The van der Waals surface area contributed by atoms with Crippen LogP contribution < -0.4 is 19.1 Å². The minimum Gasteiger partial charge on any atom is -0.497 e. The van der Waals surface area contributed by atoms with Crippen LogP contribution >= 0.6 is 0 Å². The number of carbonyl (C=O) groups is 2. The first kappa shape index (κ1) is 22.7. The number of methoxy groups -OCH3 is 3. The third-order valence-corrected chi connectivity index (χ3v) is 6.22. The maximum absolute atomic E-state index is 13.8. The van der Waals surface area contributed by atoms with Crippen molar-refractivity contribution in [2.24, 2.45) is 11.8 Å². The van der Waals surface area contributed by atoms with Crippen LogP contribution in [0.3, 0.4) is 0 Å². The number of hydrogen-bond donors (Lipinski definition) is 0. The fourth-order valence-corrected chi connectivity index (χ4v) is 4.83. The smallest absolute Gasteiger partial charge is 0.282 e. The van der Waals surface area contributed by atoms with Gasteiger partial charge < -0.3 is 19.1 Å². The van der Waals surface area contributed by atoms with Gasteiger partial charge in [-0.25, -0.2) is 4.90 Å². The number of amides is 2. The lowest BCUT2D eigenvalue weighted by Gasteiger charge is -2.37. The second-order valence-corrected chi connectivity index (χ2v) is 8.82. The zero-order valence-corrected chi connectivity index (χ0v) is 19.8. The number of anilines is 1. The number of benzene rings is 2. The first-order chi connectivity index (χ1) is 15.9. The van der Waals surface area contributed by atoms with E-state index in [0.29, 0.717) is 51.6 Å². The van der Waals surface area contributed by atoms with E-state index in [-0.39, 0.29) is 11.8 Å². The van der Waals surface area contributed by atoms with Crippen molar-refractivity contribution in [2.75, 3.05) is 39.3 Å². The molecular formula is C26H30N2O5. The van der Waals surface area contributed by atoms with Crippen LogP contribution in [-0.2, 0) is 9.59 Å². The van der Waals surface area contributed by atoms with Crippen LogP contribution in [-0.4, -0.2) is 51.1 Å². The molecule has 0 N–H and O–H groups in total. The second kappa shape index (κ2) is 9.17. The van der Waals surface area contributed by atoms with Crippen LogP contribution in [0.5, 0.6) is 17.2 Å². The van der Waals surface area contributed by atoms with Crippen molar-refractivity contribution >= 4 is 23.1 Å². The van der Waals surface area contributed by atoms with Gasteiger partial charge in [-0.3, -0.25) is 9.59 Å². The van der Waals surface area contributed by atoms with E-state index in [1.54, 1.807) is 37.4 Å². The van der Waals surface area contributed by atoms with E-state index in [1.807, 2.05) is 12.1 Å². The van der Waals surface area contributed by atoms with E-state index < -0.39 is 0 Å². The summed E-state index contributed by atoms with van der Waals surface area (Å²) < 4.78 is 16.0. The van der Waals surface area contributed by atoms with E-state index in [4.69, 9.17) is 14.2 Å². The lowest BCUT2D eigenvalue weighted by atomic mass is 9.91. The molecule has 7 nitrogen and oxygen atoms in total. The summed E-state index contributed by atoms with van der Waals surface area (Å²) in [5.41, 5.74) is 1.96. The fraction of sp³-hybridized carbons (Fsp3) is 0.385. The van der Waals surface area contributed by atoms with Crippen molar-refractivity contribution in [3.63, 3.8) is 0 Å². The normalized spacial score (nSPS) is 21.0. The molecule has 2 heterocycles. The van der Waals surface area contributed by atoms with E-state index >= 15 is 0 Å². The van der Waals surface area contributed by atoms with E-state index in [1.165, 1.54) is 19.1 Å². The molecule has 2 unspecified atom stereocenters. The highest BCUT2D eigenvalue weighted by Gasteiger charge is 2.44. The third kappa shape index (κ3) is 4.27. The number of rotatable bonds is 6. The van der Waals surface area contributed by atoms with E-state index in [0.717, 1.165) is 19.5 Å². The molecule has 2 aromatic carbocycles. The van der Waals surface area contributed by atoms with Crippen LogP contribution in [0, 0.1) is 11.8 Å². The molecule has 0 aliphatic carbocycles. The van der Waals surface area contributed by atoms with Gasteiger partial charge in [0.15, 0.2) is 0 Å². The summed E-state index contributed by atoms with van der Waals surface area (Å²) in [6, 6.07) is 12.3. The topological polar surface area (TPSA) is 68.3 Å². The predicted octanol–water partition coefficient (Wildman–Crippen LogP) is 3.97. The zero-order valence-electron chi connectivity index (χ0n) is 19.8. The molecule has 2 amide bonds. The molecule has 0 bridgehead atoms. The molecule has 33 heavy (non-hydrogen) atoms. The summed E-state index contributed by atoms with van der Waals surface area (Å²) in [6.45, 7) is 5.83. The molecule has 1 saturated heterocycles. The summed E-state index contributed by atoms with van der Waals surface area (Å²) >= 11 is 0. The quantitative estimate of drug-likeness (QED) is 0.621. The molecule has 2 aliphatic rings. The first-order valence-corrected chi connectivity index (χ1v) is 11.1. The average molecular weight is 451 g/mol. The number of piperidine rings is 1. The van der Waals surface area contributed by atoms with Gasteiger partial charge in [0.25, 0.3) is 11.8 Å². The third-order valence-electron chi connectivity index (χ3n) is 6.22. The van der Waals surface area contributed by atoms with Crippen LogP contribution in [0.4, 0.5) is 5.69 Å². The summed E-state index contributed by atoms with van der Waals surface area (Å²) in [7, 11) is 4.67. The van der Waals surface area contributed by atoms with Gasteiger partial charge in [0, 0.05) is 31.3 Å². The van der Waals surface area contributed by atoms with E-state index in [9.17, 15) is 9.59 Å². The Morgan fingerprint density at radius 2 is 1.30 bits per heavy atom. The highest BCUT2D eigenvalue weighted by Crippen LogP contribution is 2.39. The average Bonchev–Trinajstić information content (AvgIpc) is 3.07. The van der Waals surface area contributed by atoms with Gasteiger partial charge in [-0.05, 0) is 36.0 Å². The Morgan fingerprint density at radius 1 is 0.758 bits per heavy atom. The van der Waals surface area contributed by atoms with Crippen molar-refractivity contribution in [2.45, 2.75) is 20.3 Å². The standard InChI is InChI=1S/C26H30N2O5/c1-16-10-17(2)15-27(14-16)24-23(18-6-8-20(31-3)9-7-18)25(29)28(26(24)30)19-11-21(32-4)13-22(12-19)33-5/h6-9,11-13,16-17H,10,14-15H2,1-5H3. The van der Waals surface area contributed by atoms with Crippen molar-refractivity contribution < 1.29 is 23.8 Å². The SMILES string of the molecule is COc1ccc(C2=C(N3CC(C)CC(C)C3)C(=O)N(c3cc(OC)cc(OC)c3)C2=O)cc1. The van der Waals surface area contributed by atoms with Gasteiger partial charge >= 0.3 is 0 Å². The van der Waals surface area contributed by atoms with Gasteiger partial charge in [0.1, 0.15) is 22.9 Å². The molecule has 1 fully saturated rings. The van der Waals surface area contributed by atoms with Gasteiger partial charge in [0.05, 0.1) is 32.6 Å². The molecule has 0 spiro atoms. The van der Waals surface area contributed by atoms with Crippen LogP contribution in [0.2, 0.25) is 0 Å². The van der Waals surface area contributed by atoms with Crippen molar-refractivity contribution in [1.82, 2.24) is 4.90 Å². The minimum absolute atomic E-state index is 0.331. The molecule has 0 saturated carbocycles. The highest BCUT2D eigenvalue weighted by molar-refractivity contribution is 6.45. The number of hydrogen-bond acceptors (Lipinski definition) is 6. The van der Waals surface area contributed by atoms with Gasteiger partial charge in [0.2, 0.25) is 0 Å². The maximum Gasteiger partial charge on any atom is 0.282 e. The van der Waals surface area contributed by atoms with Gasteiger partial charge in [-0.1, -0.05) is 26.0 Å². The Labute approximate surface area is 194 Å². The number of likely N-dealkylation sites (tertiary alicyclic amines) is 1. The largest absolute Gasteiger partial charge is 0.497 e. The number of carbonyl (C=O) groups excluding carboxylic acids is 2. The lowest BCUT2D eigenvalue weighted by Crippen LogP contribution is -2.42. The summed E-state index contributed by atoms with van der Waals surface area (Å²) in [5, 5.41) is 0. The van der Waals surface area contributed by atoms with Crippen molar-refractivity contribution in [3.05, 3.63) is 53.7 Å². The number of imide groups is 1. The molecule has 2 atom stereocenters. The molecule has 2 aromatic rings. The molecule has 2 aliphatic heterocycles. The Hall–Kier alpha value is -3.48. The molecule has 4 rings (SSSR count). The minimum atomic E-state index is -0.360. The Kier molecular flexibility index (Phi) is 6.31. The second-order valence-electron chi connectivity index (χ2n) is 8.82. The molecule has 7 heteroatoms. The summed E-state index contributed by atoms with van der Waals surface area (Å²) in [4.78, 5) is 30.9. The summed E-state index contributed by atoms with van der Waals surface area (Å²) in [6.07, 6.45) is 1.10. The number of nitrogens with zero attached hydrogens (tertiary/aromatic N) is 2. The molecule has 0 radical (unpaired) electrons. The number of ether oxygens (including phenoxy) is 3. The molecule has 174 valence electrons. The zero-order chi connectivity index (χ0) is 23.7.